The third-order valence-electron chi connectivity index (χ3n) is 4.87. The fraction of sp³-hybridized carbons (Fsp3) is 0.400. The fourth-order valence-electron chi connectivity index (χ4n) is 3.43. The molecule has 1 fully saturated rings. The lowest BCUT2D eigenvalue weighted by molar-refractivity contribution is -0.156. The van der Waals surface area contributed by atoms with Gasteiger partial charge in [0, 0.05) is 30.2 Å². The maximum absolute atomic E-state index is 13.3. The van der Waals surface area contributed by atoms with E-state index in [1.54, 1.807) is 12.1 Å². The van der Waals surface area contributed by atoms with Gasteiger partial charge in [-0.1, -0.05) is 54.1 Å². The lowest BCUT2D eigenvalue weighted by Gasteiger charge is -2.33. The molecule has 0 spiro atoms. The van der Waals surface area contributed by atoms with E-state index >= 15 is 0 Å². The predicted molar refractivity (Wildman–Crippen MR) is 109 cm³/mol. The maximum atomic E-state index is 13.3. The monoisotopic (exact) mass is 462 g/mol. The number of rotatable bonds is 7. The van der Waals surface area contributed by atoms with Crippen molar-refractivity contribution in [3.05, 3.63) is 70.2 Å². The van der Waals surface area contributed by atoms with Gasteiger partial charge in [-0.25, -0.2) is 8.42 Å². The number of alkyl halides is 3. The second kappa shape index (κ2) is 10.1. The molecule has 1 heterocycles. The molecule has 0 radical (unpaired) electrons. The summed E-state index contributed by atoms with van der Waals surface area (Å²) >= 11 is 6.26. The van der Waals surface area contributed by atoms with Gasteiger partial charge in [0.15, 0.2) is 10.7 Å². The highest BCUT2D eigenvalue weighted by Crippen LogP contribution is 2.33. The number of hydrogen-bond donors (Lipinski definition) is 2. The summed E-state index contributed by atoms with van der Waals surface area (Å²) in [5, 5.41) is 2.68. The van der Waals surface area contributed by atoms with Crippen molar-refractivity contribution in [1.82, 2.24) is 10.2 Å². The molecule has 2 atom stereocenters. The van der Waals surface area contributed by atoms with E-state index in [2.05, 4.69) is 4.90 Å². The van der Waals surface area contributed by atoms with Gasteiger partial charge in [-0.05, 0) is 17.2 Å². The van der Waals surface area contributed by atoms with Crippen LogP contribution in [0.5, 0.6) is 0 Å². The first kappa shape index (κ1) is 23.0. The van der Waals surface area contributed by atoms with Crippen molar-refractivity contribution >= 4 is 22.3 Å². The molecule has 1 aliphatic rings. The standard InChI is InChI=1S/C20H22ClF3N2O3S/c21-17-4-2-1-3-16(17)18-12-26(9-10-29-18)11-14-5-7-15(8-6-14)19(20(22,23)24)25-13-30(27)28/h1-8,18-19,25,30H,9-13H2/t18?,19-/m0/s1. The highest BCUT2D eigenvalue weighted by Gasteiger charge is 2.40. The predicted octanol–water partition coefficient (Wildman–Crippen LogP) is 3.68. The molecule has 30 heavy (non-hydrogen) atoms. The number of nitrogens with one attached hydrogen (secondary N) is 1. The van der Waals surface area contributed by atoms with Crippen molar-refractivity contribution in [3.63, 3.8) is 0 Å². The second-order valence-electron chi connectivity index (χ2n) is 7.03. The Morgan fingerprint density at radius 2 is 1.87 bits per heavy atom. The molecule has 0 amide bonds. The molecule has 0 aliphatic carbocycles. The average Bonchev–Trinajstić information content (AvgIpc) is 2.69. The summed E-state index contributed by atoms with van der Waals surface area (Å²) < 4.78 is 67.0. The van der Waals surface area contributed by atoms with Gasteiger partial charge in [0.2, 0.25) is 0 Å². The Kier molecular flexibility index (Phi) is 7.75. The van der Waals surface area contributed by atoms with Crippen LogP contribution in [-0.2, 0) is 22.0 Å². The molecule has 10 heteroatoms. The third kappa shape index (κ3) is 6.18. The normalized spacial score (nSPS) is 19.2. The molecule has 1 N–H and O–H groups in total. The van der Waals surface area contributed by atoms with Crippen LogP contribution in [0.3, 0.4) is 0 Å². The quantitative estimate of drug-likeness (QED) is 0.615. The molecule has 3 rings (SSSR count). The number of ether oxygens (including phenoxy) is 1. The Bertz CT molecular complexity index is 914. The number of thiol groups is 1. The van der Waals surface area contributed by atoms with Crippen LogP contribution in [0.15, 0.2) is 48.5 Å². The lowest BCUT2D eigenvalue weighted by Crippen LogP contribution is -2.38. The van der Waals surface area contributed by atoms with Crippen molar-refractivity contribution in [2.24, 2.45) is 0 Å². The van der Waals surface area contributed by atoms with Crippen LogP contribution in [0, 0.1) is 0 Å². The zero-order chi connectivity index (χ0) is 21.7. The molecule has 1 unspecified atom stereocenters. The zero-order valence-corrected chi connectivity index (χ0v) is 17.6. The topological polar surface area (TPSA) is 58.6 Å². The lowest BCUT2D eigenvalue weighted by atomic mass is 10.0. The summed E-state index contributed by atoms with van der Waals surface area (Å²) in [5.41, 5.74) is 1.74. The largest absolute Gasteiger partial charge is 0.407 e. The second-order valence-corrected chi connectivity index (χ2v) is 8.42. The molecule has 164 valence electrons. The minimum atomic E-state index is -4.60. The maximum Gasteiger partial charge on any atom is 0.407 e. The molecule has 1 saturated heterocycles. The van der Waals surface area contributed by atoms with Crippen LogP contribution in [0.1, 0.15) is 28.8 Å². The number of morpholine rings is 1. The van der Waals surface area contributed by atoms with Gasteiger partial charge in [-0.3, -0.25) is 10.2 Å². The first-order valence-electron chi connectivity index (χ1n) is 9.33. The highest BCUT2D eigenvalue weighted by molar-refractivity contribution is 7.72. The van der Waals surface area contributed by atoms with Crippen LogP contribution in [0.25, 0.3) is 0 Å². The minimum Gasteiger partial charge on any atom is -0.371 e. The van der Waals surface area contributed by atoms with Crippen LogP contribution < -0.4 is 5.32 Å². The summed E-state index contributed by atoms with van der Waals surface area (Å²) in [6.07, 6.45) is -4.77. The van der Waals surface area contributed by atoms with Crippen molar-refractivity contribution in [1.29, 1.82) is 0 Å². The molecule has 1 aliphatic heterocycles. The molecule has 0 saturated carbocycles. The third-order valence-corrected chi connectivity index (χ3v) is 5.66. The SMILES string of the molecule is O=[SH](=O)CN[C@@H](c1ccc(CN2CCOC(c3ccccc3Cl)C2)cc1)C(F)(F)F. The van der Waals surface area contributed by atoms with Gasteiger partial charge in [-0.15, -0.1) is 0 Å². The van der Waals surface area contributed by atoms with E-state index < -0.39 is 28.8 Å². The van der Waals surface area contributed by atoms with Crippen LogP contribution in [-0.4, -0.2) is 45.1 Å². The first-order valence-corrected chi connectivity index (χ1v) is 11.1. The van der Waals surface area contributed by atoms with Crippen molar-refractivity contribution in [2.75, 3.05) is 25.6 Å². The van der Waals surface area contributed by atoms with Gasteiger partial charge >= 0.3 is 6.18 Å². The van der Waals surface area contributed by atoms with Crippen molar-refractivity contribution in [3.8, 4) is 0 Å². The number of nitrogens with zero attached hydrogens (tertiary/aromatic N) is 1. The van der Waals surface area contributed by atoms with Crippen LogP contribution in [0.4, 0.5) is 13.2 Å². The smallest absolute Gasteiger partial charge is 0.371 e. The van der Waals surface area contributed by atoms with Gasteiger partial charge < -0.3 is 4.74 Å². The summed E-state index contributed by atoms with van der Waals surface area (Å²) in [7, 11) is -2.95. The van der Waals surface area contributed by atoms with Crippen molar-refractivity contribution in [2.45, 2.75) is 24.9 Å². The number of benzene rings is 2. The Morgan fingerprint density at radius 3 is 2.50 bits per heavy atom. The Balaban J connectivity index is 1.66. The van der Waals surface area contributed by atoms with E-state index in [1.165, 1.54) is 12.1 Å². The molecule has 5 nitrogen and oxygen atoms in total. The molecule has 2 aromatic carbocycles. The number of hydrogen-bond acceptors (Lipinski definition) is 5. The molecular weight excluding hydrogens is 441 g/mol. The van der Waals surface area contributed by atoms with E-state index in [0.29, 0.717) is 31.3 Å². The van der Waals surface area contributed by atoms with Gasteiger partial charge in [0.1, 0.15) is 6.04 Å². The van der Waals surface area contributed by atoms with Gasteiger partial charge in [0.05, 0.1) is 18.6 Å². The Labute approximate surface area is 179 Å². The van der Waals surface area contributed by atoms with E-state index in [-0.39, 0.29) is 11.7 Å². The highest BCUT2D eigenvalue weighted by atomic mass is 35.5. The molecular formula is C20H22ClF3N2O3S. The van der Waals surface area contributed by atoms with E-state index in [1.807, 2.05) is 29.6 Å². The molecule has 0 aromatic heterocycles. The van der Waals surface area contributed by atoms with Gasteiger partial charge in [-0.2, -0.15) is 13.2 Å². The zero-order valence-electron chi connectivity index (χ0n) is 15.9. The first-order chi connectivity index (χ1) is 14.2. The van der Waals surface area contributed by atoms with Crippen molar-refractivity contribution < 1.29 is 26.3 Å². The summed E-state index contributed by atoms with van der Waals surface area (Å²) in [6.45, 7) is 2.41. The average molecular weight is 463 g/mol. The van der Waals surface area contributed by atoms with Crippen LogP contribution >= 0.6 is 11.6 Å². The summed E-state index contributed by atoms with van der Waals surface area (Å²) in [5.74, 6) is -0.738. The fourth-order valence-corrected chi connectivity index (χ4v) is 4.02. The summed E-state index contributed by atoms with van der Waals surface area (Å²) in [6, 6.07) is 11.5. The Morgan fingerprint density at radius 1 is 1.17 bits per heavy atom. The van der Waals surface area contributed by atoms with E-state index in [0.717, 1.165) is 11.1 Å². The summed E-state index contributed by atoms with van der Waals surface area (Å²) in [4.78, 5) is 2.16. The molecule has 2 aromatic rings. The van der Waals surface area contributed by atoms with E-state index in [9.17, 15) is 21.6 Å². The van der Waals surface area contributed by atoms with Gasteiger partial charge in [0.25, 0.3) is 0 Å². The van der Waals surface area contributed by atoms with E-state index in [4.69, 9.17) is 16.3 Å². The Hall–Kier alpha value is -1.65. The number of halogens is 4. The minimum absolute atomic E-state index is 0.0287. The van der Waals surface area contributed by atoms with Crippen LogP contribution in [0.2, 0.25) is 5.02 Å². The molecule has 0 bridgehead atoms.